The molecule has 1 aliphatic carbocycles. The van der Waals surface area contributed by atoms with Crippen LogP contribution in [0.3, 0.4) is 0 Å². The molecule has 1 aromatic rings. The summed E-state index contributed by atoms with van der Waals surface area (Å²) in [5.74, 6) is -0.304. The first-order valence-corrected chi connectivity index (χ1v) is 5.04. The van der Waals surface area contributed by atoms with Crippen molar-refractivity contribution in [3.8, 4) is 0 Å². The molecule has 0 N–H and O–H groups in total. The van der Waals surface area contributed by atoms with Gasteiger partial charge in [-0.1, -0.05) is 12.1 Å². The van der Waals surface area contributed by atoms with Crippen molar-refractivity contribution in [2.75, 3.05) is 7.11 Å². The van der Waals surface area contributed by atoms with E-state index in [1.807, 2.05) is 0 Å². The number of hydrogen-bond donors (Lipinski definition) is 0. The van der Waals surface area contributed by atoms with Gasteiger partial charge in [0.15, 0.2) is 0 Å². The predicted octanol–water partition coefficient (Wildman–Crippen LogP) is 2.96. The third-order valence-corrected chi connectivity index (χ3v) is 2.60. The molecule has 0 radical (unpaired) electrons. The van der Waals surface area contributed by atoms with Crippen LogP contribution < -0.4 is 0 Å². The molecular weight excluding hydrogens is 214 g/mol. The van der Waals surface area contributed by atoms with Crippen molar-refractivity contribution in [2.45, 2.75) is 24.9 Å². The van der Waals surface area contributed by atoms with Gasteiger partial charge in [0.2, 0.25) is 0 Å². The number of carbonyl (C=O) groups excluding carboxylic acids is 1. The number of methoxy groups -OCH3 is 1. The van der Waals surface area contributed by atoms with E-state index < -0.39 is 5.67 Å². The maximum absolute atomic E-state index is 13.6. The fraction of sp³-hybridized carbons (Fsp3) is 0.417. The molecule has 0 heterocycles. The van der Waals surface area contributed by atoms with Crippen molar-refractivity contribution >= 4 is 6.47 Å². The number of halogens is 2. The van der Waals surface area contributed by atoms with Gasteiger partial charge in [-0.3, -0.25) is 4.79 Å². The van der Waals surface area contributed by atoms with Gasteiger partial charge < -0.3 is 4.74 Å². The molecule has 88 valence electrons. The Hall–Kier alpha value is -1.45. The van der Waals surface area contributed by atoms with Gasteiger partial charge in [0, 0.05) is 0 Å². The number of ether oxygens (including phenoxy) is 1. The van der Waals surface area contributed by atoms with Crippen LogP contribution >= 0.6 is 0 Å². The molecule has 4 heteroatoms. The number of rotatable bonds is 2. The number of hydrogen-bond acceptors (Lipinski definition) is 2. The lowest BCUT2D eigenvalue weighted by Crippen LogP contribution is -2.28. The van der Waals surface area contributed by atoms with Crippen LogP contribution in [0, 0.1) is 5.82 Å². The molecule has 1 aromatic carbocycles. The van der Waals surface area contributed by atoms with Gasteiger partial charge in [0.05, 0.1) is 7.11 Å². The van der Waals surface area contributed by atoms with Crippen molar-refractivity contribution in [1.82, 2.24) is 0 Å². The lowest BCUT2D eigenvalue weighted by molar-refractivity contribution is -0.126. The second-order valence-electron chi connectivity index (χ2n) is 3.66. The van der Waals surface area contributed by atoms with E-state index in [9.17, 15) is 8.78 Å². The quantitative estimate of drug-likeness (QED) is 0.727. The van der Waals surface area contributed by atoms with E-state index in [1.54, 1.807) is 0 Å². The second-order valence-corrected chi connectivity index (χ2v) is 3.66. The summed E-state index contributed by atoms with van der Waals surface area (Å²) in [4.78, 5) is 8.95. The van der Waals surface area contributed by atoms with Crippen LogP contribution in [0.5, 0.6) is 0 Å². The monoisotopic (exact) mass is 228 g/mol. The fourth-order valence-corrected chi connectivity index (χ4v) is 1.52. The minimum Gasteiger partial charge on any atom is -0.471 e. The lowest BCUT2D eigenvalue weighted by Gasteiger charge is -2.34. The van der Waals surface area contributed by atoms with Crippen molar-refractivity contribution in [3.63, 3.8) is 0 Å². The summed E-state index contributed by atoms with van der Waals surface area (Å²) < 4.78 is 30.0. The topological polar surface area (TPSA) is 26.3 Å². The highest BCUT2D eigenvalue weighted by Gasteiger charge is 2.38. The molecule has 0 amide bonds. The number of alkyl halides is 1. The smallest absolute Gasteiger partial charge is 0.292 e. The summed E-state index contributed by atoms with van der Waals surface area (Å²) in [5.41, 5.74) is -0.539. The molecule has 0 aromatic heterocycles. The van der Waals surface area contributed by atoms with E-state index in [4.69, 9.17) is 4.79 Å². The highest BCUT2D eigenvalue weighted by Crippen LogP contribution is 2.44. The molecule has 0 spiro atoms. The van der Waals surface area contributed by atoms with Crippen molar-refractivity contribution < 1.29 is 18.3 Å². The first kappa shape index (κ1) is 12.6. The molecule has 1 saturated carbocycles. The zero-order valence-electron chi connectivity index (χ0n) is 9.08. The third-order valence-electron chi connectivity index (χ3n) is 2.60. The van der Waals surface area contributed by atoms with Crippen LogP contribution in [-0.2, 0) is 15.2 Å². The SMILES string of the molecule is COC=O.Fc1ccc(C2(F)CCC2)cc1. The Morgan fingerprint density at radius 3 is 2.12 bits per heavy atom. The summed E-state index contributed by atoms with van der Waals surface area (Å²) in [5, 5.41) is 0. The third kappa shape index (κ3) is 3.02. The normalized spacial score (nSPS) is 16.4. The summed E-state index contributed by atoms with van der Waals surface area (Å²) in [6.07, 6.45) is 2.10. The molecule has 16 heavy (non-hydrogen) atoms. The number of benzene rings is 1. The van der Waals surface area contributed by atoms with Crippen LogP contribution in [0.4, 0.5) is 8.78 Å². The van der Waals surface area contributed by atoms with Crippen LogP contribution in [0.15, 0.2) is 24.3 Å². The maximum Gasteiger partial charge on any atom is 0.292 e. The van der Waals surface area contributed by atoms with Gasteiger partial charge in [-0.2, -0.15) is 0 Å². The number of carbonyl (C=O) groups is 1. The van der Waals surface area contributed by atoms with Gasteiger partial charge in [0.1, 0.15) is 11.5 Å². The van der Waals surface area contributed by atoms with E-state index in [0.29, 0.717) is 24.9 Å². The zero-order chi connectivity index (χ0) is 12.0. The molecule has 1 aliphatic rings. The Labute approximate surface area is 93.2 Å². The second kappa shape index (κ2) is 5.58. The molecular formula is C12H14F2O2. The van der Waals surface area contributed by atoms with Gasteiger partial charge in [-0.15, -0.1) is 0 Å². The molecule has 2 rings (SSSR count). The van der Waals surface area contributed by atoms with Crippen LogP contribution in [-0.4, -0.2) is 13.6 Å². The highest BCUT2D eigenvalue weighted by atomic mass is 19.1. The van der Waals surface area contributed by atoms with E-state index in [2.05, 4.69) is 4.74 Å². The standard InChI is InChI=1S/C10H10F2.C2H4O2/c11-9-4-2-8(3-5-9)10(12)6-1-7-10;1-4-2-3/h2-5H,1,6-7H2;2H,1H3. The first-order chi connectivity index (χ1) is 7.62. The average Bonchev–Trinajstić information content (AvgIpc) is 2.27. The van der Waals surface area contributed by atoms with Gasteiger partial charge in [-0.05, 0) is 37.0 Å². The van der Waals surface area contributed by atoms with E-state index >= 15 is 0 Å². The summed E-state index contributed by atoms with van der Waals surface area (Å²) in [7, 11) is 1.31. The minimum atomic E-state index is -1.16. The Bertz CT molecular complexity index is 331. The lowest BCUT2D eigenvalue weighted by atomic mass is 9.77. The molecule has 2 nitrogen and oxygen atoms in total. The Kier molecular flexibility index (Phi) is 4.40. The largest absolute Gasteiger partial charge is 0.471 e. The minimum absolute atomic E-state index is 0.304. The van der Waals surface area contributed by atoms with Crippen LogP contribution in [0.1, 0.15) is 24.8 Å². The zero-order valence-corrected chi connectivity index (χ0v) is 9.08. The van der Waals surface area contributed by atoms with Crippen LogP contribution in [0.2, 0.25) is 0 Å². The molecule has 0 aliphatic heterocycles. The Balaban J connectivity index is 0.000000280. The average molecular weight is 228 g/mol. The highest BCUT2D eigenvalue weighted by molar-refractivity contribution is 5.36. The van der Waals surface area contributed by atoms with Gasteiger partial charge in [-0.25, -0.2) is 8.78 Å². The molecule has 0 unspecified atom stereocenters. The molecule has 1 fully saturated rings. The van der Waals surface area contributed by atoms with E-state index in [0.717, 1.165) is 6.42 Å². The first-order valence-electron chi connectivity index (χ1n) is 5.04. The van der Waals surface area contributed by atoms with Gasteiger partial charge in [0.25, 0.3) is 6.47 Å². The van der Waals surface area contributed by atoms with E-state index in [1.165, 1.54) is 31.4 Å². The van der Waals surface area contributed by atoms with Crippen molar-refractivity contribution in [2.24, 2.45) is 0 Å². The Morgan fingerprint density at radius 2 is 1.81 bits per heavy atom. The maximum atomic E-state index is 13.6. The van der Waals surface area contributed by atoms with E-state index in [-0.39, 0.29) is 5.82 Å². The molecule has 0 bridgehead atoms. The van der Waals surface area contributed by atoms with Crippen molar-refractivity contribution in [1.29, 1.82) is 0 Å². The molecule has 0 atom stereocenters. The Morgan fingerprint density at radius 1 is 1.31 bits per heavy atom. The summed E-state index contributed by atoms with van der Waals surface area (Å²) in [6.45, 7) is 0.375. The summed E-state index contributed by atoms with van der Waals surface area (Å²) in [6, 6.07) is 5.70. The van der Waals surface area contributed by atoms with Crippen molar-refractivity contribution in [3.05, 3.63) is 35.6 Å². The summed E-state index contributed by atoms with van der Waals surface area (Å²) >= 11 is 0. The fourth-order valence-electron chi connectivity index (χ4n) is 1.52. The predicted molar refractivity (Wildman–Crippen MR) is 56.1 cm³/mol. The van der Waals surface area contributed by atoms with Gasteiger partial charge >= 0.3 is 0 Å². The molecule has 0 saturated heterocycles. The van der Waals surface area contributed by atoms with Crippen LogP contribution in [0.25, 0.3) is 0 Å².